The van der Waals surface area contributed by atoms with E-state index in [9.17, 15) is 17.2 Å². The fourth-order valence-corrected chi connectivity index (χ4v) is 3.10. The summed E-state index contributed by atoms with van der Waals surface area (Å²) in [5.41, 5.74) is 0.930. The van der Waals surface area contributed by atoms with Crippen LogP contribution in [0.5, 0.6) is 0 Å². The number of nitrogens with one attached hydrogen (secondary N) is 1. The van der Waals surface area contributed by atoms with Crippen molar-refractivity contribution in [2.75, 3.05) is 0 Å². The molecule has 2 rings (SSSR count). The van der Waals surface area contributed by atoms with E-state index in [1.54, 1.807) is 19.1 Å². The van der Waals surface area contributed by atoms with Crippen molar-refractivity contribution in [1.82, 2.24) is 4.72 Å². The Morgan fingerprint density at radius 2 is 1.81 bits per heavy atom. The molecule has 0 amide bonds. The summed E-state index contributed by atoms with van der Waals surface area (Å²) >= 11 is 3.06. The third-order valence-electron chi connectivity index (χ3n) is 2.89. The van der Waals surface area contributed by atoms with E-state index in [1.165, 1.54) is 12.1 Å². The molecular formula is C14H12BrF2NO2S. The lowest BCUT2D eigenvalue weighted by Gasteiger charge is -2.08. The summed E-state index contributed by atoms with van der Waals surface area (Å²) in [6.07, 6.45) is 0. The maximum atomic E-state index is 13.7. The highest BCUT2D eigenvalue weighted by Gasteiger charge is 2.18. The highest BCUT2D eigenvalue weighted by molar-refractivity contribution is 9.10. The first-order chi connectivity index (χ1) is 9.79. The van der Waals surface area contributed by atoms with Gasteiger partial charge in [-0.3, -0.25) is 0 Å². The molecule has 0 aromatic heterocycles. The molecule has 0 radical (unpaired) electrons. The molecule has 112 valence electrons. The molecule has 0 atom stereocenters. The Kier molecular flexibility index (Phi) is 4.75. The Hall–Kier alpha value is -1.31. The molecular weight excluding hydrogens is 364 g/mol. The minimum Gasteiger partial charge on any atom is -0.207 e. The average Bonchev–Trinajstić information content (AvgIpc) is 2.40. The molecule has 0 bridgehead atoms. The molecule has 7 heteroatoms. The van der Waals surface area contributed by atoms with Crippen molar-refractivity contribution in [2.45, 2.75) is 18.4 Å². The van der Waals surface area contributed by atoms with E-state index in [0.717, 1.165) is 12.1 Å². The number of benzene rings is 2. The quantitative estimate of drug-likeness (QED) is 0.888. The van der Waals surface area contributed by atoms with Gasteiger partial charge in [0.2, 0.25) is 10.0 Å². The highest BCUT2D eigenvalue weighted by atomic mass is 79.9. The second kappa shape index (κ2) is 6.21. The Bertz CT molecular complexity index is 779. The first kappa shape index (κ1) is 16.1. The van der Waals surface area contributed by atoms with Gasteiger partial charge in [0.05, 0.1) is 0 Å². The third kappa shape index (κ3) is 3.87. The lowest BCUT2D eigenvalue weighted by Crippen LogP contribution is -2.24. The monoisotopic (exact) mass is 375 g/mol. The first-order valence-corrected chi connectivity index (χ1v) is 8.27. The molecule has 0 aliphatic carbocycles. The SMILES string of the molecule is Cc1ccc(CNS(=O)(=O)c2ccc(Br)cc2F)cc1F. The maximum absolute atomic E-state index is 13.7. The van der Waals surface area contributed by atoms with Gasteiger partial charge in [0.25, 0.3) is 0 Å². The molecule has 0 spiro atoms. The van der Waals surface area contributed by atoms with E-state index >= 15 is 0 Å². The Balaban J connectivity index is 2.19. The van der Waals surface area contributed by atoms with Crippen LogP contribution in [0, 0.1) is 18.6 Å². The second-order valence-electron chi connectivity index (χ2n) is 4.48. The molecule has 0 aliphatic heterocycles. The Morgan fingerprint density at radius 1 is 1.10 bits per heavy atom. The summed E-state index contributed by atoms with van der Waals surface area (Å²) in [7, 11) is -4.00. The largest absolute Gasteiger partial charge is 0.243 e. The van der Waals surface area contributed by atoms with Crippen molar-refractivity contribution in [3.8, 4) is 0 Å². The summed E-state index contributed by atoms with van der Waals surface area (Å²) in [5.74, 6) is -1.27. The van der Waals surface area contributed by atoms with E-state index in [1.807, 2.05) is 0 Å². The van der Waals surface area contributed by atoms with E-state index in [2.05, 4.69) is 20.7 Å². The zero-order valence-electron chi connectivity index (χ0n) is 11.0. The van der Waals surface area contributed by atoms with Crippen LogP contribution in [0.2, 0.25) is 0 Å². The molecule has 0 saturated carbocycles. The fourth-order valence-electron chi connectivity index (χ4n) is 1.70. The summed E-state index contributed by atoms with van der Waals surface area (Å²) in [6.45, 7) is 1.50. The minimum absolute atomic E-state index is 0.116. The van der Waals surface area contributed by atoms with E-state index in [0.29, 0.717) is 15.6 Å². The number of rotatable bonds is 4. The van der Waals surface area contributed by atoms with Crippen LogP contribution >= 0.6 is 15.9 Å². The predicted molar refractivity (Wildman–Crippen MR) is 79.3 cm³/mol. The molecule has 0 unspecified atom stereocenters. The van der Waals surface area contributed by atoms with Gasteiger partial charge >= 0.3 is 0 Å². The maximum Gasteiger partial charge on any atom is 0.243 e. The number of aryl methyl sites for hydroxylation is 1. The van der Waals surface area contributed by atoms with Gasteiger partial charge in [-0.15, -0.1) is 0 Å². The van der Waals surface area contributed by atoms with Crippen LogP contribution in [-0.4, -0.2) is 8.42 Å². The highest BCUT2D eigenvalue weighted by Crippen LogP contribution is 2.19. The van der Waals surface area contributed by atoms with Crippen LogP contribution in [0.25, 0.3) is 0 Å². The summed E-state index contributed by atoms with van der Waals surface area (Å²) < 4.78 is 53.8. The third-order valence-corrected chi connectivity index (χ3v) is 4.81. The lowest BCUT2D eigenvalue weighted by molar-refractivity contribution is 0.556. The van der Waals surface area contributed by atoms with Crippen molar-refractivity contribution >= 4 is 26.0 Å². The molecule has 1 N–H and O–H groups in total. The van der Waals surface area contributed by atoms with Crippen LogP contribution in [0.15, 0.2) is 45.8 Å². The van der Waals surface area contributed by atoms with Crippen LogP contribution < -0.4 is 4.72 Å². The summed E-state index contributed by atoms with van der Waals surface area (Å²) in [4.78, 5) is -0.446. The van der Waals surface area contributed by atoms with Crippen molar-refractivity contribution in [1.29, 1.82) is 0 Å². The van der Waals surface area contributed by atoms with Gasteiger partial charge in [-0.05, 0) is 42.3 Å². The predicted octanol–water partition coefficient (Wildman–Crippen LogP) is 3.51. The van der Waals surface area contributed by atoms with Crippen LogP contribution in [-0.2, 0) is 16.6 Å². The van der Waals surface area contributed by atoms with Gasteiger partial charge in [0.15, 0.2) is 0 Å². The van der Waals surface area contributed by atoms with Gasteiger partial charge in [0.1, 0.15) is 16.5 Å². The first-order valence-electron chi connectivity index (χ1n) is 5.99. The number of hydrogen-bond acceptors (Lipinski definition) is 2. The fraction of sp³-hybridized carbons (Fsp3) is 0.143. The van der Waals surface area contributed by atoms with Gasteiger partial charge in [-0.25, -0.2) is 21.9 Å². The van der Waals surface area contributed by atoms with Gasteiger partial charge < -0.3 is 0 Å². The van der Waals surface area contributed by atoms with Gasteiger partial charge in [0, 0.05) is 11.0 Å². The van der Waals surface area contributed by atoms with Crippen LogP contribution in [0.4, 0.5) is 8.78 Å². The second-order valence-corrected chi connectivity index (χ2v) is 7.13. The topological polar surface area (TPSA) is 46.2 Å². The Labute approximate surface area is 130 Å². The van der Waals surface area contributed by atoms with Crippen molar-refractivity contribution in [2.24, 2.45) is 0 Å². The number of hydrogen-bond donors (Lipinski definition) is 1. The standard InChI is InChI=1S/C14H12BrF2NO2S/c1-9-2-3-10(6-12(9)16)8-18-21(19,20)14-5-4-11(15)7-13(14)17/h2-7,18H,8H2,1H3. The molecule has 3 nitrogen and oxygen atoms in total. The summed E-state index contributed by atoms with van der Waals surface area (Å²) in [5, 5.41) is 0. The molecule has 2 aromatic carbocycles. The Morgan fingerprint density at radius 3 is 2.43 bits per heavy atom. The molecule has 0 heterocycles. The van der Waals surface area contributed by atoms with Crippen molar-refractivity contribution < 1.29 is 17.2 Å². The molecule has 0 saturated heterocycles. The average molecular weight is 376 g/mol. The van der Waals surface area contributed by atoms with Crippen molar-refractivity contribution in [3.05, 3.63) is 63.6 Å². The normalized spacial score (nSPS) is 11.6. The molecule has 21 heavy (non-hydrogen) atoms. The molecule has 0 aliphatic rings. The zero-order valence-corrected chi connectivity index (χ0v) is 13.4. The smallest absolute Gasteiger partial charge is 0.207 e. The summed E-state index contributed by atoms with van der Waals surface area (Å²) in [6, 6.07) is 8.08. The van der Waals surface area contributed by atoms with Gasteiger partial charge in [-0.2, -0.15) is 0 Å². The lowest BCUT2D eigenvalue weighted by atomic mass is 10.1. The zero-order chi connectivity index (χ0) is 15.6. The molecule has 2 aromatic rings. The van der Waals surface area contributed by atoms with Crippen molar-refractivity contribution in [3.63, 3.8) is 0 Å². The van der Waals surface area contributed by atoms with E-state index < -0.39 is 26.6 Å². The van der Waals surface area contributed by atoms with E-state index in [4.69, 9.17) is 0 Å². The number of sulfonamides is 1. The minimum atomic E-state index is -4.00. The number of halogens is 3. The van der Waals surface area contributed by atoms with Gasteiger partial charge in [-0.1, -0.05) is 28.1 Å². The van der Waals surface area contributed by atoms with E-state index in [-0.39, 0.29) is 6.54 Å². The molecule has 0 fully saturated rings. The van der Waals surface area contributed by atoms with Crippen LogP contribution in [0.3, 0.4) is 0 Å². The van der Waals surface area contributed by atoms with Crippen LogP contribution in [0.1, 0.15) is 11.1 Å².